The third-order valence-corrected chi connectivity index (χ3v) is 6.51. The van der Waals surface area contributed by atoms with Gasteiger partial charge in [-0.25, -0.2) is 0 Å². The van der Waals surface area contributed by atoms with Gasteiger partial charge in [0, 0.05) is 37.0 Å². The molecule has 0 unspecified atom stereocenters. The maximum absolute atomic E-state index is 13.5. The molecule has 0 saturated carbocycles. The zero-order valence-electron chi connectivity index (χ0n) is 18.1. The Morgan fingerprint density at radius 1 is 1.00 bits per heavy atom. The minimum absolute atomic E-state index is 0.0433. The van der Waals surface area contributed by atoms with Gasteiger partial charge in [-0.2, -0.15) is 0 Å². The summed E-state index contributed by atoms with van der Waals surface area (Å²) >= 11 is 0. The molecule has 2 heterocycles. The van der Waals surface area contributed by atoms with Crippen molar-refractivity contribution in [2.45, 2.75) is 39.3 Å². The van der Waals surface area contributed by atoms with Crippen LogP contribution in [0.4, 0.5) is 0 Å². The van der Waals surface area contributed by atoms with E-state index in [4.69, 9.17) is 0 Å². The zero-order valence-corrected chi connectivity index (χ0v) is 18.1. The first-order chi connectivity index (χ1) is 14.2. The summed E-state index contributed by atoms with van der Waals surface area (Å²) in [6.07, 6.45) is 0. The molecule has 158 valence electrons. The molecule has 5 nitrogen and oxygen atoms in total. The molecule has 0 bridgehead atoms. The molecule has 2 saturated heterocycles. The molecule has 2 aliphatic heterocycles. The number of hydrogen-bond donors (Lipinski definition) is 1. The predicted octanol–water partition coefficient (Wildman–Crippen LogP) is 3.35. The molecule has 3 atom stereocenters. The van der Waals surface area contributed by atoms with E-state index in [0.29, 0.717) is 25.2 Å². The largest absolute Gasteiger partial charge is 0.381 e. The van der Waals surface area contributed by atoms with Crippen molar-refractivity contribution in [3.8, 4) is 0 Å². The van der Waals surface area contributed by atoms with Gasteiger partial charge in [0.1, 0.15) is 5.60 Å². The van der Waals surface area contributed by atoms with Gasteiger partial charge in [-0.1, -0.05) is 42.0 Å². The average molecular weight is 407 g/mol. The second-order valence-electron chi connectivity index (χ2n) is 9.32. The minimum atomic E-state index is -1.38. The Hall–Kier alpha value is -2.66. The van der Waals surface area contributed by atoms with Crippen molar-refractivity contribution in [3.05, 3.63) is 70.8 Å². The normalized spacial score (nSPS) is 23.6. The van der Waals surface area contributed by atoms with Crippen LogP contribution in [0, 0.1) is 25.7 Å². The van der Waals surface area contributed by atoms with Crippen molar-refractivity contribution >= 4 is 11.8 Å². The van der Waals surface area contributed by atoms with Gasteiger partial charge in [-0.05, 0) is 51.0 Å². The molecule has 0 spiro atoms. The lowest BCUT2D eigenvalue weighted by Crippen LogP contribution is -2.45. The van der Waals surface area contributed by atoms with Crippen LogP contribution in [0.15, 0.2) is 48.5 Å². The molecule has 0 aromatic heterocycles. The van der Waals surface area contributed by atoms with Gasteiger partial charge < -0.3 is 14.9 Å². The van der Waals surface area contributed by atoms with Gasteiger partial charge in [-0.3, -0.25) is 9.59 Å². The van der Waals surface area contributed by atoms with Crippen LogP contribution in [0.5, 0.6) is 0 Å². The van der Waals surface area contributed by atoms with E-state index in [0.717, 1.165) is 16.7 Å². The molecule has 2 aromatic carbocycles. The monoisotopic (exact) mass is 406 g/mol. The van der Waals surface area contributed by atoms with Crippen molar-refractivity contribution in [1.29, 1.82) is 0 Å². The van der Waals surface area contributed by atoms with Crippen LogP contribution >= 0.6 is 0 Å². The van der Waals surface area contributed by atoms with Crippen LogP contribution < -0.4 is 0 Å². The summed E-state index contributed by atoms with van der Waals surface area (Å²) in [6.45, 7) is 8.90. The van der Waals surface area contributed by atoms with Crippen molar-refractivity contribution in [2.24, 2.45) is 11.8 Å². The van der Waals surface area contributed by atoms with Crippen LogP contribution in [-0.2, 0) is 4.79 Å². The van der Waals surface area contributed by atoms with Crippen LogP contribution in [0.1, 0.15) is 46.9 Å². The van der Waals surface area contributed by atoms with E-state index in [1.807, 2.05) is 48.2 Å². The highest BCUT2D eigenvalue weighted by molar-refractivity contribution is 5.95. The SMILES string of the molecule is Cc1cccc(C(=O)N2C[C@@H]3CN(C(=O)C(C)(C)O)C[C@@H]3[C@H]2c2ccccc2C)c1. The number of aliphatic hydroxyl groups is 1. The Morgan fingerprint density at radius 3 is 2.40 bits per heavy atom. The van der Waals surface area contributed by atoms with Crippen molar-refractivity contribution < 1.29 is 14.7 Å². The van der Waals surface area contributed by atoms with Gasteiger partial charge in [-0.15, -0.1) is 0 Å². The number of nitrogens with zero attached hydrogens (tertiary/aromatic N) is 2. The fraction of sp³-hybridized carbons (Fsp3) is 0.440. The topological polar surface area (TPSA) is 60.9 Å². The van der Waals surface area contributed by atoms with Crippen LogP contribution in [-0.4, -0.2) is 52.0 Å². The maximum Gasteiger partial charge on any atom is 0.254 e. The smallest absolute Gasteiger partial charge is 0.254 e. The quantitative estimate of drug-likeness (QED) is 0.850. The molecule has 2 fully saturated rings. The summed E-state index contributed by atoms with van der Waals surface area (Å²) in [5.74, 6) is 0.166. The molecule has 2 amide bonds. The third kappa shape index (κ3) is 3.63. The number of carbonyl (C=O) groups excluding carboxylic acids is 2. The number of rotatable bonds is 3. The lowest BCUT2D eigenvalue weighted by molar-refractivity contribution is -0.147. The van der Waals surface area contributed by atoms with Gasteiger partial charge in [0.2, 0.25) is 0 Å². The summed E-state index contributed by atoms with van der Waals surface area (Å²) in [7, 11) is 0. The summed E-state index contributed by atoms with van der Waals surface area (Å²) in [6, 6.07) is 15.9. The molecule has 2 aliphatic rings. The van der Waals surface area contributed by atoms with Gasteiger partial charge in [0.15, 0.2) is 0 Å². The highest BCUT2D eigenvalue weighted by Gasteiger charge is 2.51. The number of hydrogen-bond acceptors (Lipinski definition) is 3. The fourth-order valence-electron chi connectivity index (χ4n) is 5.07. The van der Waals surface area contributed by atoms with Gasteiger partial charge in [0.25, 0.3) is 11.8 Å². The highest BCUT2D eigenvalue weighted by Crippen LogP contribution is 2.46. The van der Waals surface area contributed by atoms with Gasteiger partial charge in [0.05, 0.1) is 6.04 Å². The lowest BCUT2D eigenvalue weighted by Gasteiger charge is -2.32. The van der Waals surface area contributed by atoms with Crippen LogP contribution in [0.3, 0.4) is 0 Å². The second-order valence-corrected chi connectivity index (χ2v) is 9.32. The van der Waals surface area contributed by atoms with E-state index >= 15 is 0 Å². The number of benzene rings is 2. The molecule has 2 aromatic rings. The third-order valence-electron chi connectivity index (χ3n) is 6.51. The fourth-order valence-corrected chi connectivity index (χ4v) is 5.07. The number of carbonyl (C=O) groups is 2. The first-order valence-corrected chi connectivity index (χ1v) is 10.6. The van der Waals surface area contributed by atoms with Crippen molar-refractivity contribution in [3.63, 3.8) is 0 Å². The van der Waals surface area contributed by atoms with Crippen LogP contribution in [0.2, 0.25) is 0 Å². The molecule has 0 aliphatic carbocycles. The molecule has 30 heavy (non-hydrogen) atoms. The van der Waals surface area contributed by atoms with E-state index in [2.05, 4.69) is 19.1 Å². The first-order valence-electron chi connectivity index (χ1n) is 10.6. The summed E-state index contributed by atoms with van der Waals surface area (Å²) in [5, 5.41) is 10.2. The summed E-state index contributed by atoms with van der Waals surface area (Å²) in [4.78, 5) is 30.0. The second kappa shape index (κ2) is 7.55. The summed E-state index contributed by atoms with van der Waals surface area (Å²) < 4.78 is 0. The standard InChI is InChI=1S/C25H30N2O3/c1-16-8-7-10-18(12-16)23(28)27-14-19-13-26(24(29)25(3,4)30)15-21(19)22(27)20-11-6-5-9-17(20)2/h5-12,19,21-22,30H,13-15H2,1-4H3/t19-,21-,22+/m0/s1. The van der Waals surface area contributed by atoms with Gasteiger partial charge >= 0.3 is 0 Å². The summed E-state index contributed by atoms with van der Waals surface area (Å²) in [5.41, 5.74) is 2.68. The van der Waals surface area contributed by atoms with Crippen molar-refractivity contribution in [1.82, 2.24) is 9.80 Å². The van der Waals surface area contributed by atoms with Crippen LogP contribution in [0.25, 0.3) is 0 Å². The zero-order chi connectivity index (χ0) is 21.6. The molecule has 5 heteroatoms. The predicted molar refractivity (Wildman–Crippen MR) is 116 cm³/mol. The molecular formula is C25H30N2O3. The Kier molecular flexibility index (Phi) is 5.18. The van der Waals surface area contributed by atoms with E-state index in [1.165, 1.54) is 13.8 Å². The first kappa shape index (κ1) is 20.6. The average Bonchev–Trinajstić information content (AvgIpc) is 3.24. The Balaban J connectivity index is 1.69. The molecule has 4 rings (SSSR count). The van der Waals surface area contributed by atoms with E-state index in [9.17, 15) is 14.7 Å². The minimum Gasteiger partial charge on any atom is -0.381 e. The van der Waals surface area contributed by atoms with Crippen molar-refractivity contribution in [2.75, 3.05) is 19.6 Å². The Labute approximate surface area is 178 Å². The maximum atomic E-state index is 13.5. The Morgan fingerprint density at radius 2 is 1.73 bits per heavy atom. The Bertz CT molecular complexity index is 978. The van der Waals surface area contributed by atoms with E-state index in [-0.39, 0.29) is 29.7 Å². The lowest BCUT2D eigenvalue weighted by atomic mass is 9.87. The number of fused-ring (bicyclic) bond motifs is 1. The highest BCUT2D eigenvalue weighted by atomic mass is 16.3. The van der Waals surface area contributed by atoms with E-state index < -0.39 is 5.60 Å². The number of amides is 2. The number of likely N-dealkylation sites (tertiary alicyclic amines) is 2. The molecular weight excluding hydrogens is 376 g/mol. The number of aryl methyl sites for hydroxylation is 2. The molecule has 0 radical (unpaired) electrons. The van der Waals surface area contributed by atoms with E-state index in [1.54, 1.807) is 4.90 Å². The molecule has 1 N–H and O–H groups in total.